The lowest BCUT2D eigenvalue weighted by molar-refractivity contribution is -0.123. The quantitative estimate of drug-likeness (QED) is 0.552. The van der Waals surface area contributed by atoms with Crippen molar-refractivity contribution >= 4 is 52.3 Å². The molecular formula is C20H23Cl2N3O3. The van der Waals surface area contributed by atoms with Gasteiger partial charge in [0.25, 0.3) is 5.91 Å². The van der Waals surface area contributed by atoms with Crippen LogP contribution in [0.25, 0.3) is 0 Å². The van der Waals surface area contributed by atoms with Gasteiger partial charge in [-0.1, -0.05) is 28.8 Å². The Hall–Kier alpha value is -2.05. The number of carbonyl (C=O) groups excluding carboxylic acids is 3. The van der Waals surface area contributed by atoms with E-state index in [0.717, 1.165) is 29.7 Å². The van der Waals surface area contributed by atoms with E-state index in [9.17, 15) is 14.4 Å². The molecule has 1 saturated heterocycles. The average molecular weight is 424 g/mol. The summed E-state index contributed by atoms with van der Waals surface area (Å²) in [5.74, 6) is -0.847. The summed E-state index contributed by atoms with van der Waals surface area (Å²) < 4.78 is 0. The molecule has 0 aromatic heterocycles. The summed E-state index contributed by atoms with van der Waals surface area (Å²) in [5, 5.41) is 6.53. The number of benzene rings is 1. The van der Waals surface area contributed by atoms with Crippen LogP contribution in [0.3, 0.4) is 0 Å². The van der Waals surface area contributed by atoms with Crippen LogP contribution in [-0.2, 0) is 14.4 Å². The van der Waals surface area contributed by atoms with Crippen LogP contribution in [0.1, 0.15) is 46.5 Å². The molecule has 0 spiro atoms. The molecule has 1 saturated carbocycles. The molecule has 1 unspecified atom stereocenters. The Morgan fingerprint density at radius 1 is 1.18 bits per heavy atom. The molecule has 2 aliphatic rings. The summed E-state index contributed by atoms with van der Waals surface area (Å²) >= 11 is 12.6. The molecule has 1 atom stereocenters. The number of halogens is 2. The van der Waals surface area contributed by atoms with Crippen molar-refractivity contribution in [2.75, 3.05) is 10.2 Å². The van der Waals surface area contributed by atoms with Crippen molar-refractivity contribution in [1.29, 1.82) is 0 Å². The lowest BCUT2D eigenvalue weighted by Crippen LogP contribution is -2.46. The lowest BCUT2D eigenvalue weighted by atomic mass is 9.93. The number of amides is 3. The monoisotopic (exact) mass is 423 g/mol. The third-order valence-electron chi connectivity index (χ3n) is 5.14. The van der Waals surface area contributed by atoms with Gasteiger partial charge in [0, 0.05) is 11.6 Å². The first kappa shape index (κ1) is 20.7. The van der Waals surface area contributed by atoms with Gasteiger partial charge in [-0.15, -0.1) is 0 Å². The molecule has 1 heterocycles. The first-order chi connectivity index (χ1) is 13.2. The predicted molar refractivity (Wildman–Crippen MR) is 111 cm³/mol. The Morgan fingerprint density at radius 2 is 1.86 bits per heavy atom. The molecule has 1 aliphatic heterocycles. The number of nitrogens with one attached hydrogen (secondary N) is 2. The summed E-state index contributed by atoms with van der Waals surface area (Å²) in [6.07, 6.45) is 3.17. The highest BCUT2D eigenvalue weighted by atomic mass is 35.5. The van der Waals surface area contributed by atoms with Crippen molar-refractivity contribution in [3.05, 3.63) is 33.3 Å². The van der Waals surface area contributed by atoms with Crippen LogP contribution >= 0.6 is 23.2 Å². The van der Waals surface area contributed by atoms with Crippen LogP contribution < -0.4 is 15.5 Å². The normalized spacial score (nSPS) is 18.2. The van der Waals surface area contributed by atoms with Crippen LogP contribution in [0.5, 0.6) is 0 Å². The maximum Gasteiger partial charge on any atom is 0.261 e. The van der Waals surface area contributed by atoms with Gasteiger partial charge >= 0.3 is 0 Å². The van der Waals surface area contributed by atoms with E-state index in [1.165, 1.54) is 6.07 Å². The molecule has 28 heavy (non-hydrogen) atoms. The number of imide groups is 1. The number of carbonyl (C=O) groups is 3. The Kier molecular flexibility index (Phi) is 6.01. The summed E-state index contributed by atoms with van der Waals surface area (Å²) in [5.41, 5.74) is 1.96. The standard InChI is InChI=1S/C20H23Cl2N3O3/c1-10(2)13-7-18(26)25(20(13)28)17-9-16(14(21)8-15(17)22)23-11(3)19(27)24-12-5-4-6-12/h8-9,11-12,23H,4-7H2,1-3H3,(H,24,27). The largest absolute Gasteiger partial charge is 0.373 e. The number of nitrogens with zero attached hydrogens (tertiary/aromatic N) is 1. The molecule has 6 nitrogen and oxygen atoms in total. The molecule has 150 valence electrons. The van der Waals surface area contributed by atoms with Crippen molar-refractivity contribution in [1.82, 2.24) is 5.32 Å². The fourth-order valence-corrected chi connectivity index (χ4v) is 3.71. The summed E-state index contributed by atoms with van der Waals surface area (Å²) in [6, 6.07) is 2.71. The third-order valence-corrected chi connectivity index (χ3v) is 5.75. The van der Waals surface area contributed by atoms with E-state index < -0.39 is 6.04 Å². The number of hydrogen-bond acceptors (Lipinski definition) is 4. The van der Waals surface area contributed by atoms with Gasteiger partial charge in [0.15, 0.2) is 0 Å². The Balaban J connectivity index is 1.84. The van der Waals surface area contributed by atoms with Gasteiger partial charge in [-0.3, -0.25) is 14.4 Å². The molecule has 0 radical (unpaired) electrons. The van der Waals surface area contributed by atoms with E-state index in [1.54, 1.807) is 26.8 Å². The Morgan fingerprint density at radius 3 is 2.39 bits per heavy atom. The number of allylic oxidation sites excluding steroid dienone is 1. The van der Waals surface area contributed by atoms with Crippen molar-refractivity contribution in [3.8, 4) is 0 Å². The van der Waals surface area contributed by atoms with Gasteiger partial charge < -0.3 is 10.6 Å². The van der Waals surface area contributed by atoms with Crippen LogP contribution in [0, 0.1) is 0 Å². The van der Waals surface area contributed by atoms with Gasteiger partial charge in [-0.2, -0.15) is 0 Å². The summed E-state index contributed by atoms with van der Waals surface area (Å²) in [4.78, 5) is 38.5. The topological polar surface area (TPSA) is 78.5 Å². The molecule has 3 amide bonds. The molecule has 1 aromatic carbocycles. The van der Waals surface area contributed by atoms with Gasteiger partial charge in [-0.05, 0) is 52.2 Å². The highest BCUT2D eigenvalue weighted by molar-refractivity contribution is 6.40. The van der Waals surface area contributed by atoms with Gasteiger partial charge in [0.1, 0.15) is 6.04 Å². The van der Waals surface area contributed by atoms with E-state index in [4.69, 9.17) is 23.2 Å². The summed E-state index contributed by atoms with van der Waals surface area (Å²) in [6.45, 7) is 5.32. The molecule has 2 N–H and O–H groups in total. The second-order valence-corrected chi connectivity index (χ2v) is 8.29. The third kappa shape index (κ3) is 4.03. The minimum atomic E-state index is -0.537. The molecule has 8 heteroatoms. The van der Waals surface area contributed by atoms with Gasteiger partial charge in [0.05, 0.1) is 27.8 Å². The molecule has 1 aromatic rings. The Labute approximate surface area is 174 Å². The fourth-order valence-electron chi connectivity index (χ4n) is 3.19. The van der Waals surface area contributed by atoms with Crippen molar-refractivity contribution in [2.24, 2.45) is 0 Å². The van der Waals surface area contributed by atoms with Crippen molar-refractivity contribution < 1.29 is 14.4 Å². The van der Waals surface area contributed by atoms with E-state index in [1.807, 2.05) is 0 Å². The second kappa shape index (κ2) is 8.13. The fraction of sp³-hybridized carbons (Fsp3) is 0.450. The zero-order valence-corrected chi connectivity index (χ0v) is 17.6. The minimum Gasteiger partial charge on any atom is -0.373 e. The second-order valence-electron chi connectivity index (χ2n) is 7.48. The zero-order valence-electron chi connectivity index (χ0n) is 16.1. The molecule has 3 rings (SSSR count). The number of anilines is 2. The van der Waals surface area contributed by atoms with E-state index in [2.05, 4.69) is 10.6 Å². The highest BCUT2D eigenvalue weighted by Gasteiger charge is 2.37. The van der Waals surface area contributed by atoms with E-state index in [0.29, 0.717) is 16.3 Å². The molecule has 2 fully saturated rings. The van der Waals surface area contributed by atoms with Crippen LogP contribution in [0.15, 0.2) is 23.3 Å². The lowest BCUT2D eigenvalue weighted by Gasteiger charge is -2.28. The summed E-state index contributed by atoms with van der Waals surface area (Å²) in [7, 11) is 0. The smallest absolute Gasteiger partial charge is 0.261 e. The van der Waals surface area contributed by atoms with E-state index >= 15 is 0 Å². The maximum absolute atomic E-state index is 12.7. The van der Waals surface area contributed by atoms with Gasteiger partial charge in [0.2, 0.25) is 11.8 Å². The van der Waals surface area contributed by atoms with Gasteiger partial charge in [-0.25, -0.2) is 4.90 Å². The zero-order chi connectivity index (χ0) is 20.6. The predicted octanol–water partition coefficient (Wildman–Crippen LogP) is 4.06. The first-order valence-electron chi connectivity index (χ1n) is 9.28. The first-order valence-corrected chi connectivity index (χ1v) is 10.0. The molecule has 1 aliphatic carbocycles. The highest BCUT2D eigenvalue weighted by Crippen LogP contribution is 2.38. The van der Waals surface area contributed by atoms with Crippen LogP contribution in [0.2, 0.25) is 10.0 Å². The van der Waals surface area contributed by atoms with E-state index in [-0.39, 0.29) is 40.9 Å². The van der Waals surface area contributed by atoms with Crippen LogP contribution in [0.4, 0.5) is 11.4 Å². The SMILES string of the molecule is CC(C)=C1CC(=O)N(c2cc(NC(C)C(=O)NC3CCC3)c(Cl)cc2Cl)C1=O. The van der Waals surface area contributed by atoms with Crippen molar-refractivity contribution in [2.45, 2.75) is 58.5 Å². The minimum absolute atomic E-state index is 0.0447. The average Bonchev–Trinajstić information content (AvgIpc) is 2.88. The number of hydrogen-bond donors (Lipinski definition) is 2. The Bertz CT molecular complexity index is 874. The maximum atomic E-state index is 12.7. The van der Waals surface area contributed by atoms with Crippen LogP contribution in [-0.4, -0.2) is 29.8 Å². The number of rotatable bonds is 5. The van der Waals surface area contributed by atoms with Crippen molar-refractivity contribution in [3.63, 3.8) is 0 Å². The molecular weight excluding hydrogens is 401 g/mol. The molecule has 0 bridgehead atoms.